The van der Waals surface area contributed by atoms with Crippen LogP contribution in [0.4, 0.5) is 11.4 Å². The molecule has 1 saturated carbocycles. The highest BCUT2D eigenvalue weighted by Gasteiger charge is 2.18. The first-order valence-corrected chi connectivity index (χ1v) is 7.16. The number of methoxy groups -OCH3 is 1. The Morgan fingerprint density at radius 2 is 2.00 bits per heavy atom. The summed E-state index contributed by atoms with van der Waals surface area (Å²) in [6, 6.07) is 4.81. The zero-order valence-corrected chi connectivity index (χ0v) is 12.1. The van der Waals surface area contributed by atoms with E-state index >= 15 is 0 Å². The van der Waals surface area contributed by atoms with Crippen molar-refractivity contribution < 1.29 is 9.66 Å². The molecule has 0 aromatic heterocycles. The summed E-state index contributed by atoms with van der Waals surface area (Å²) in [5.74, 6) is 2.01. The van der Waals surface area contributed by atoms with Crippen LogP contribution in [0.2, 0.25) is 0 Å². The number of hydrogen-bond donors (Lipinski definition) is 1. The van der Waals surface area contributed by atoms with Crippen LogP contribution in [0.1, 0.15) is 32.6 Å². The molecule has 0 spiro atoms. The molecule has 2 rings (SSSR count). The third-order valence-electron chi connectivity index (χ3n) is 4.07. The Balaban J connectivity index is 1.98. The number of non-ortho nitro benzene ring substituents is 1. The Labute approximate surface area is 119 Å². The Hall–Kier alpha value is -1.78. The summed E-state index contributed by atoms with van der Waals surface area (Å²) in [6.45, 7) is 3.17. The van der Waals surface area contributed by atoms with Gasteiger partial charge in [0.15, 0.2) is 0 Å². The topological polar surface area (TPSA) is 64.4 Å². The minimum Gasteiger partial charge on any atom is -0.496 e. The lowest BCUT2D eigenvalue weighted by atomic mass is 9.83. The molecule has 0 aliphatic heterocycles. The van der Waals surface area contributed by atoms with E-state index < -0.39 is 4.92 Å². The van der Waals surface area contributed by atoms with Crippen molar-refractivity contribution in [3.63, 3.8) is 0 Å². The van der Waals surface area contributed by atoms with Crippen LogP contribution in [-0.2, 0) is 0 Å². The number of ether oxygens (including phenoxy) is 1. The Bertz CT molecular complexity index is 468. The first-order valence-electron chi connectivity index (χ1n) is 7.16. The maximum atomic E-state index is 10.9. The van der Waals surface area contributed by atoms with Gasteiger partial charge < -0.3 is 10.1 Å². The van der Waals surface area contributed by atoms with E-state index in [0.717, 1.165) is 18.2 Å². The van der Waals surface area contributed by atoms with Gasteiger partial charge in [0.1, 0.15) is 5.75 Å². The molecule has 1 aliphatic rings. The quantitative estimate of drug-likeness (QED) is 0.656. The average Bonchev–Trinajstić information content (AvgIpc) is 2.46. The number of nitrogens with zero attached hydrogens (tertiary/aromatic N) is 1. The van der Waals surface area contributed by atoms with Crippen LogP contribution < -0.4 is 10.1 Å². The minimum absolute atomic E-state index is 0.0594. The fraction of sp³-hybridized carbons (Fsp3) is 0.600. The van der Waals surface area contributed by atoms with E-state index in [9.17, 15) is 10.1 Å². The highest BCUT2D eigenvalue weighted by atomic mass is 16.6. The molecule has 0 amide bonds. The summed E-state index contributed by atoms with van der Waals surface area (Å²) < 4.78 is 5.11. The molecule has 0 heterocycles. The Morgan fingerprint density at radius 1 is 1.30 bits per heavy atom. The first kappa shape index (κ1) is 14.6. The maximum absolute atomic E-state index is 10.9. The second-order valence-corrected chi connectivity index (χ2v) is 5.68. The number of rotatable bonds is 5. The lowest BCUT2D eigenvalue weighted by molar-refractivity contribution is -0.384. The molecule has 0 saturated heterocycles. The van der Waals surface area contributed by atoms with Gasteiger partial charge in [0, 0.05) is 24.4 Å². The number of nitro groups is 1. The summed E-state index contributed by atoms with van der Waals surface area (Å²) in [5.41, 5.74) is 0.818. The smallest absolute Gasteiger partial charge is 0.275 e. The minimum atomic E-state index is -0.393. The molecule has 0 unspecified atom stereocenters. The van der Waals surface area contributed by atoms with Crippen molar-refractivity contribution in [1.29, 1.82) is 0 Å². The molecular weight excluding hydrogens is 256 g/mol. The van der Waals surface area contributed by atoms with Crippen molar-refractivity contribution in [2.24, 2.45) is 11.8 Å². The fourth-order valence-electron chi connectivity index (χ4n) is 2.70. The van der Waals surface area contributed by atoms with Gasteiger partial charge in [0.05, 0.1) is 18.1 Å². The van der Waals surface area contributed by atoms with Crippen molar-refractivity contribution >= 4 is 11.4 Å². The maximum Gasteiger partial charge on any atom is 0.275 e. The average molecular weight is 278 g/mol. The number of anilines is 1. The van der Waals surface area contributed by atoms with E-state index in [4.69, 9.17) is 4.74 Å². The molecule has 1 aromatic rings. The molecule has 20 heavy (non-hydrogen) atoms. The molecule has 1 fully saturated rings. The van der Waals surface area contributed by atoms with E-state index in [0.29, 0.717) is 11.7 Å². The van der Waals surface area contributed by atoms with Gasteiger partial charge in [-0.1, -0.05) is 19.8 Å². The van der Waals surface area contributed by atoms with Gasteiger partial charge in [-0.15, -0.1) is 0 Å². The summed E-state index contributed by atoms with van der Waals surface area (Å²) in [6.07, 6.45) is 5.04. The van der Waals surface area contributed by atoms with Crippen LogP contribution in [0.15, 0.2) is 18.2 Å². The molecule has 1 aliphatic carbocycles. The fourth-order valence-corrected chi connectivity index (χ4v) is 2.70. The van der Waals surface area contributed by atoms with Gasteiger partial charge in [-0.25, -0.2) is 0 Å². The SMILES string of the molecule is COc1cc(NCC2CCC(C)CC2)cc([N+](=O)[O-])c1. The third-order valence-corrected chi connectivity index (χ3v) is 4.07. The molecule has 5 heteroatoms. The first-order chi connectivity index (χ1) is 9.58. The number of hydrogen-bond acceptors (Lipinski definition) is 4. The van der Waals surface area contributed by atoms with Crippen molar-refractivity contribution in [2.45, 2.75) is 32.6 Å². The lowest BCUT2D eigenvalue weighted by Gasteiger charge is -2.26. The zero-order valence-electron chi connectivity index (χ0n) is 12.1. The number of nitro benzene ring substituents is 1. The number of benzene rings is 1. The van der Waals surface area contributed by atoms with Crippen molar-refractivity contribution in [1.82, 2.24) is 0 Å². The van der Waals surface area contributed by atoms with Gasteiger partial charge in [0.2, 0.25) is 0 Å². The van der Waals surface area contributed by atoms with E-state index in [1.807, 2.05) is 0 Å². The molecule has 1 aromatic carbocycles. The largest absolute Gasteiger partial charge is 0.496 e. The second kappa shape index (κ2) is 6.59. The third kappa shape index (κ3) is 3.85. The van der Waals surface area contributed by atoms with Gasteiger partial charge in [-0.05, 0) is 24.7 Å². The van der Waals surface area contributed by atoms with Crippen LogP contribution in [-0.4, -0.2) is 18.6 Å². The van der Waals surface area contributed by atoms with E-state index in [-0.39, 0.29) is 5.69 Å². The normalized spacial score (nSPS) is 22.3. The summed E-state index contributed by atoms with van der Waals surface area (Å²) in [7, 11) is 1.52. The van der Waals surface area contributed by atoms with E-state index in [1.165, 1.54) is 38.9 Å². The monoisotopic (exact) mass is 278 g/mol. The molecule has 1 N–H and O–H groups in total. The van der Waals surface area contributed by atoms with Crippen molar-refractivity contribution in [2.75, 3.05) is 19.0 Å². The van der Waals surface area contributed by atoms with Crippen molar-refractivity contribution in [3.05, 3.63) is 28.3 Å². The van der Waals surface area contributed by atoms with Gasteiger partial charge in [0.25, 0.3) is 5.69 Å². The number of nitrogens with one attached hydrogen (secondary N) is 1. The second-order valence-electron chi connectivity index (χ2n) is 5.68. The zero-order chi connectivity index (χ0) is 14.5. The summed E-state index contributed by atoms with van der Waals surface area (Å²) in [4.78, 5) is 10.5. The standard InChI is InChI=1S/C15H22N2O3/c1-11-3-5-12(6-4-11)10-16-13-7-14(17(18)19)9-15(8-13)20-2/h7-9,11-12,16H,3-6,10H2,1-2H3. The van der Waals surface area contributed by atoms with Gasteiger partial charge >= 0.3 is 0 Å². The Morgan fingerprint density at radius 3 is 2.60 bits per heavy atom. The van der Waals surface area contributed by atoms with Crippen LogP contribution in [0, 0.1) is 22.0 Å². The molecule has 0 atom stereocenters. The highest BCUT2D eigenvalue weighted by molar-refractivity contribution is 5.56. The van der Waals surface area contributed by atoms with Gasteiger partial charge in [-0.3, -0.25) is 10.1 Å². The molecule has 0 radical (unpaired) electrons. The van der Waals surface area contributed by atoms with Crippen LogP contribution in [0.3, 0.4) is 0 Å². The molecule has 0 bridgehead atoms. The van der Waals surface area contributed by atoms with E-state index in [1.54, 1.807) is 12.1 Å². The summed E-state index contributed by atoms with van der Waals surface area (Å²) >= 11 is 0. The lowest BCUT2D eigenvalue weighted by Crippen LogP contribution is -2.20. The predicted molar refractivity (Wildman–Crippen MR) is 79.3 cm³/mol. The summed E-state index contributed by atoms with van der Waals surface area (Å²) in [5, 5.41) is 14.2. The van der Waals surface area contributed by atoms with Crippen molar-refractivity contribution in [3.8, 4) is 5.75 Å². The van der Waals surface area contributed by atoms with Crippen LogP contribution in [0.25, 0.3) is 0 Å². The van der Waals surface area contributed by atoms with Gasteiger partial charge in [-0.2, -0.15) is 0 Å². The molecule has 110 valence electrons. The van der Waals surface area contributed by atoms with Crippen LogP contribution in [0.5, 0.6) is 5.75 Å². The van der Waals surface area contributed by atoms with E-state index in [2.05, 4.69) is 12.2 Å². The Kier molecular flexibility index (Phi) is 4.82. The molecule has 5 nitrogen and oxygen atoms in total. The highest BCUT2D eigenvalue weighted by Crippen LogP contribution is 2.30. The predicted octanol–water partition coefficient (Wildman–Crippen LogP) is 3.84. The van der Waals surface area contributed by atoms with Crippen LogP contribution >= 0.6 is 0 Å². The molecular formula is C15H22N2O3.